The molecule has 172 valence electrons. The second kappa shape index (κ2) is 7.99. The first-order valence-electron chi connectivity index (χ1n) is 9.37. The van der Waals surface area contributed by atoms with Crippen LogP contribution in [0.3, 0.4) is 0 Å². The number of thiazole rings is 1. The molecule has 33 heavy (non-hydrogen) atoms. The molecule has 1 fully saturated rings. The second-order valence-corrected chi connectivity index (χ2v) is 8.28. The molecule has 1 aliphatic rings. The lowest BCUT2D eigenvalue weighted by Crippen LogP contribution is -2.69. The van der Waals surface area contributed by atoms with Gasteiger partial charge in [-0.15, -0.1) is 0 Å². The Kier molecular flexibility index (Phi) is 5.44. The van der Waals surface area contributed by atoms with Gasteiger partial charge in [0.15, 0.2) is 5.13 Å². The van der Waals surface area contributed by atoms with Crippen molar-refractivity contribution in [3.63, 3.8) is 0 Å². The third-order valence-corrected chi connectivity index (χ3v) is 5.88. The standard InChI is InChI=1S/C20H15F4N5O3S/c1-29-9-15(30)28-19(16(29)31,20(22,23)24)10-2-7-13-14(8-10)33-18(26-13)27-17(32)25-12-5-3-11(21)4-6-12/h2-8H,9H2,1H3,(H,28,30)(H2,25,26,27,32)/t19-/m0/s1. The van der Waals surface area contributed by atoms with Crippen molar-refractivity contribution in [2.75, 3.05) is 24.2 Å². The summed E-state index contributed by atoms with van der Waals surface area (Å²) in [7, 11) is 1.12. The lowest BCUT2D eigenvalue weighted by molar-refractivity contribution is -0.214. The number of benzene rings is 2. The zero-order valence-corrected chi connectivity index (χ0v) is 17.6. The molecule has 2 aromatic carbocycles. The monoisotopic (exact) mass is 481 g/mol. The lowest BCUT2D eigenvalue weighted by atomic mass is 9.85. The average Bonchev–Trinajstić information content (AvgIpc) is 3.12. The highest BCUT2D eigenvalue weighted by Gasteiger charge is 2.65. The van der Waals surface area contributed by atoms with E-state index in [-0.39, 0.29) is 15.3 Å². The van der Waals surface area contributed by atoms with Gasteiger partial charge in [0.2, 0.25) is 11.4 Å². The normalized spacial score (nSPS) is 18.9. The van der Waals surface area contributed by atoms with E-state index in [2.05, 4.69) is 15.6 Å². The van der Waals surface area contributed by atoms with E-state index >= 15 is 0 Å². The summed E-state index contributed by atoms with van der Waals surface area (Å²) in [5, 5.41) is 6.83. The Hall–Kier alpha value is -3.74. The Labute approximate surface area is 187 Å². The highest BCUT2D eigenvalue weighted by atomic mass is 32.1. The topological polar surface area (TPSA) is 103 Å². The van der Waals surface area contributed by atoms with Gasteiger partial charge in [-0.2, -0.15) is 13.2 Å². The minimum Gasteiger partial charge on any atom is -0.334 e. The van der Waals surface area contributed by atoms with Crippen LogP contribution in [-0.2, 0) is 15.1 Å². The number of urea groups is 1. The highest BCUT2D eigenvalue weighted by molar-refractivity contribution is 7.22. The number of hydrogen-bond acceptors (Lipinski definition) is 5. The molecule has 4 amide bonds. The van der Waals surface area contributed by atoms with E-state index in [1.54, 1.807) is 0 Å². The van der Waals surface area contributed by atoms with Crippen molar-refractivity contribution < 1.29 is 31.9 Å². The molecule has 0 bridgehead atoms. The van der Waals surface area contributed by atoms with Gasteiger partial charge in [-0.25, -0.2) is 14.2 Å². The quantitative estimate of drug-likeness (QED) is 0.499. The lowest BCUT2D eigenvalue weighted by Gasteiger charge is -2.41. The molecule has 4 rings (SSSR count). The number of fused-ring (bicyclic) bond motifs is 1. The van der Waals surface area contributed by atoms with Gasteiger partial charge in [0.05, 0.1) is 16.8 Å². The molecule has 3 N–H and O–H groups in total. The Morgan fingerprint density at radius 1 is 1.15 bits per heavy atom. The number of nitrogens with one attached hydrogen (secondary N) is 3. The summed E-state index contributed by atoms with van der Waals surface area (Å²) in [4.78, 5) is 41.6. The van der Waals surface area contributed by atoms with E-state index in [1.165, 1.54) is 18.2 Å². The van der Waals surface area contributed by atoms with Crippen LogP contribution in [0.1, 0.15) is 5.56 Å². The molecule has 8 nitrogen and oxygen atoms in total. The number of aromatic nitrogens is 1. The number of amides is 4. The Morgan fingerprint density at radius 3 is 2.52 bits per heavy atom. The molecule has 0 radical (unpaired) electrons. The molecule has 1 aromatic heterocycles. The summed E-state index contributed by atoms with van der Waals surface area (Å²) < 4.78 is 55.6. The highest BCUT2D eigenvalue weighted by Crippen LogP contribution is 2.43. The molecule has 0 spiro atoms. The minimum absolute atomic E-state index is 0.0824. The first kappa shape index (κ1) is 22.5. The number of hydrogen-bond donors (Lipinski definition) is 3. The smallest absolute Gasteiger partial charge is 0.334 e. The van der Waals surface area contributed by atoms with Gasteiger partial charge >= 0.3 is 12.2 Å². The predicted molar refractivity (Wildman–Crippen MR) is 112 cm³/mol. The number of halogens is 4. The maximum Gasteiger partial charge on any atom is 0.425 e. The van der Waals surface area contributed by atoms with Crippen LogP contribution in [-0.4, -0.2) is 47.5 Å². The maximum atomic E-state index is 14.1. The fraction of sp³-hybridized carbons (Fsp3) is 0.200. The van der Waals surface area contributed by atoms with Crippen LogP contribution in [0, 0.1) is 5.82 Å². The molecule has 1 saturated heterocycles. The number of likely N-dealkylation sites (N-methyl/N-ethyl adjacent to an activating group) is 1. The average molecular weight is 481 g/mol. The molecule has 13 heteroatoms. The molecule has 1 atom stereocenters. The van der Waals surface area contributed by atoms with E-state index in [0.29, 0.717) is 5.69 Å². The van der Waals surface area contributed by atoms with Crippen LogP contribution in [0.2, 0.25) is 0 Å². The number of alkyl halides is 3. The van der Waals surface area contributed by atoms with Gasteiger partial charge in [0.1, 0.15) is 5.82 Å². The molecular weight excluding hydrogens is 466 g/mol. The SMILES string of the molecule is CN1CC(=O)N[C@](c2ccc3nc(NC(=O)Nc4ccc(F)cc4)sc3c2)(C(F)(F)F)C1=O. The van der Waals surface area contributed by atoms with Gasteiger partial charge in [-0.3, -0.25) is 14.9 Å². The van der Waals surface area contributed by atoms with Crippen molar-refractivity contribution in [2.24, 2.45) is 0 Å². The van der Waals surface area contributed by atoms with Crippen molar-refractivity contribution in [1.29, 1.82) is 0 Å². The largest absolute Gasteiger partial charge is 0.425 e. The van der Waals surface area contributed by atoms with Crippen LogP contribution < -0.4 is 16.0 Å². The van der Waals surface area contributed by atoms with Crippen LogP contribution in [0.15, 0.2) is 42.5 Å². The summed E-state index contributed by atoms with van der Waals surface area (Å²) in [6, 6.07) is 7.78. The van der Waals surface area contributed by atoms with Gasteiger partial charge in [-0.05, 0) is 42.0 Å². The van der Waals surface area contributed by atoms with Gasteiger partial charge in [0, 0.05) is 12.7 Å². The Morgan fingerprint density at radius 2 is 1.85 bits per heavy atom. The van der Waals surface area contributed by atoms with E-state index in [1.807, 2.05) is 5.32 Å². The Bertz CT molecular complexity index is 1260. The summed E-state index contributed by atoms with van der Waals surface area (Å²) >= 11 is 0.881. The first-order valence-corrected chi connectivity index (χ1v) is 10.2. The van der Waals surface area contributed by atoms with Crippen molar-refractivity contribution in [2.45, 2.75) is 11.7 Å². The van der Waals surface area contributed by atoms with E-state index in [0.717, 1.165) is 47.5 Å². The summed E-state index contributed by atoms with van der Waals surface area (Å²) in [6.45, 7) is -0.489. The van der Waals surface area contributed by atoms with E-state index in [4.69, 9.17) is 0 Å². The molecule has 1 aliphatic heterocycles. The number of nitrogens with zero attached hydrogens (tertiary/aromatic N) is 2. The predicted octanol–water partition coefficient (Wildman–Crippen LogP) is 3.43. The van der Waals surface area contributed by atoms with Crippen LogP contribution in [0.5, 0.6) is 0 Å². The molecule has 3 aromatic rings. The van der Waals surface area contributed by atoms with E-state index < -0.39 is 47.5 Å². The number of carbonyl (C=O) groups is 3. The third kappa shape index (κ3) is 4.06. The fourth-order valence-corrected chi connectivity index (χ4v) is 4.33. The number of piperazine rings is 1. The third-order valence-electron chi connectivity index (χ3n) is 4.94. The van der Waals surface area contributed by atoms with Crippen LogP contribution in [0.4, 0.5) is 33.2 Å². The maximum absolute atomic E-state index is 14.1. The number of rotatable bonds is 3. The summed E-state index contributed by atoms with van der Waals surface area (Å²) in [5.41, 5.74) is -3.11. The zero-order valence-electron chi connectivity index (χ0n) is 16.8. The van der Waals surface area contributed by atoms with Crippen molar-refractivity contribution in [1.82, 2.24) is 15.2 Å². The summed E-state index contributed by atoms with van der Waals surface area (Å²) in [6.07, 6.45) is -5.11. The van der Waals surface area contributed by atoms with Crippen molar-refractivity contribution >= 4 is 50.2 Å². The van der Waals surface area contributed by atoms with Crippen molar-refractivity contribution in [3.8, 4) is 0 Å². The number of anilines is 2. The van der Waals surface area contributed by atoms with E-state index in [9.17, 15) is 31.9 Å². The molecule has 0 saturated carbocycles. The number of carbonyl (C=O) groups excluding carboxylic acids is 3. The van der Waals surface area contributed by atoms with Crippen LogP contribution in [0.25, 0.3) is 10.2 Å². The molecular formula is C20H15F4N5O3S. The minimum atomic E-state index is -5.11. The first-order chi connectivity index (χ1) is 15.5. The summed E-state index contributed by atoms with van der Waals surface area (Å²) in [5.74, 6) is -2.73. The van der Waals surface area contributed by atoms with Gasteiger partial charge in [0.25, 0.3) is 5.91 Å². The fourth-order valence-electron chi connectivity index (χ4n) is 3.43. The second-order valence-electron chi connectivity index (χ2n) is 7.24. The van der Waals surface area contributed by atoms with Crippen molar-refractivity contribution in [3.05, 3.63) is 53.8 Å². The van der Waals surface area contributed by atoms with Gasteiger partial charge in [-0.1, -0.05) is 17.4 Å². The van der Waals surface area contributed by atoms with Crippen LogP contribution >= 0.6 is 11.3 Å². The zero-order chi connectivity index (χ0) is 24.0. The molecule has 0 unspecified atom stereocenters. The molecule has 0 aliphatic carbocycles. The molecule has 2 heterocycles. The Balaban J connectivity index is 1.64. The van der Waals surface area contributed by atoms with Gasteiger partial charge < -0.3 is 15.5 Å².